The van der Waals surface area contributed by atoms with Gasteiger partial charge in [0.25, 0.3) is 5.91 Å². The van der Waals surface area contributed by atoms with Crippen LogP contribution < -0.4 is 5.32 Å². The number of rotatable bonds is 4. The van der Waals surface area contributed by atoms with E-state index >= 15 is 0 Å². The van der Waals surface area contributed by atoms with Crippen LogP contribution in [0.1, 0.15) is 15.9 Å². The van der Waals surface area contributed by atoms with Gasteiger partial charge in [0.2, 0.25) is 0 Å². The van der Waals surface area contributed by atoms with Crippen LogP contribution in [0.3, 0.4) is 0 Å². The molecule has 0 saturated carbocycles. The zero-order chi connectivity index (χ0) is 14.5. The molecule has 20 heavy (non-hydrogen) atoms. The molecule has 0 aliphatic rings. The van der Waals surface area contributed by atoms with Crippen molar-refractivity contribution in [3.63, 3.8) is 0 Å². The van der Waals surface area contributed by atoms with Crippen molar-refractivity contribution < 1.29 is 9.90 Å². The van der Waals surface area contributed by atoms with Crippen molar-refractivity contribution in [3.8, 4) is 0 Å². The average molecular weight is 355 g/mol. The van der Waals surface area contributed by atoms with Crippen molar-refractivity contribution in [2.45, 2.75) is 6.42 Å². The van der Waals surface area contributed by atoms with Crippen LogP contribution in [0, 0.1) is 0 Å². The quantitative estimate of drug-likeness (QED) is 0.875. The van der Waals surface area contributed by atoms with Crippen LogP contribution in [0.5, 0.6) is 0 Å². The molecule has 0 aliphatic heterocycles. The number of anilines is 1. The highest BCUT2D eigenvalue weighted by atomic mass is 79.9. The summed E-state index contributed by atoms with van der Waals surface area (Å²) in [4.78, 5) is 12.1. The molecule has 0 heterocycles. The minimum Gasteiger partial charge on any atom is -0.396 e. The summed E-state index contributed by atoms with van der Waals surface area (Å²) in [7, 11) is 0. The van der Waals surface area contributed by atoms with Crippen molar-refractivity contribution in [3.05, 3.63) is 63.1 Å². The van der Waals surface area contributed by atoms with Gasteiger partial charge in [-0.1, -0.05) is 39.7 Å². The molecule has 2 rings (SSSR count). The third-order valence-electron chi connectivity index (χ3n) is 2.79. The first kappa shape index (κ1) is 15.0. The first-order valence-electron chi connectivity index (χ1n) is 6.06. The van der Waals surface area contributed by atoms with Gasteiger partial charge in [-0.2, -0.15) is 0 Å². The first-order chi connectivity index (χ1) is 9.60. The molecule has 0 atom stereocenters. The molecule has 0 fully saturated rings. The van der Waals surface area contributed by atoms with E-state index < -0.39 is 0 Å². The van der Waals surface area contributed by atoms with Gasteiger partial charge in [-0.25, -0.2) is 0 Å². The molecular weight excluding hydrogens is 342 g/mol. The maximum Gasteiger partial charge on any atom is 0.257 e. The highest BCUT2D eigenvalue weighted by Crippen LogP contribution is 2.22. The summed E-state index contributed by atoms with van der Waals surface area (Å²) >= 11 is 9.34. The summed E-state index contributed by atoms with van der Waals surface area (Å²) in [5.74, 6) is -0.252. The molecule has 104 valence electrons. The number of hydrogen-bond donors (Lipinski definition) is 2. The van der Waals surface area contributed by atoms with Crippen molar-refractivity contribution in [2.75, 3.05) is 11.9 Å². The summed E-state index contributed by atoms with van der Waals surface area (Å²) in [6, 6.07) is 12.5. The average Bonchev–Trinajstić information content (AvgIpc) is 2.41. The van der Waals surface area contributed by atoms with Gasteiger partial charge in [-0.15, -0.1) is 0 Å². The number of carbonyl (C=O) groups is 1. The molecule has 1 amide bonds. The molecule has 5 heteroatoms. The molecule has 2 aromatic carbocycles. The fraction of sp³-hybridized carbons (Fsp3) is 0.133. The second-order valence-corrected chi connectivity index (χ2v) is 5.57. The summed E-state index contributed by atoms with van der Waals surface area (Å²) in [5, 5.41) is 12.0. The van der Waals surface area contributed by atoms with Gasteiger partial charge in [0, 0.05) is 16.8 Å². The van der Waals surface area contributed by atoms with Crippen LogP contribution >= 0.6 is 27.5 Å². The van der Waals surface area contributed by atoms with E-state index in [-0.39, 0.29) is 12.5 Å². The Morgan fingerprint density at radius 3 is 2.50 bits per heavy atom. The smallest absolute Gasteiger partial charge is 0.257 e. The van der Waals surface area contributed by atoms with Gasteiger partial charge in [0.15, 0.2) is 0 Å². The van der Waals surface area contributed by atoms with E-state index in [1.807, 2.05) is 12.1 Å². The number of carbonyl (C=O) groups excluding carboxylic acids is 1. The maximum absolute atomic E-state index is 12.1. The molecule has 0 bridgehead atoms. The molecule has 2 N–H and O–H groups in total. The molecule has 0 radical (unpaired) electrons. The van der Waals surface area contributed by atoms with E-state index in [1.54, 1.807) is 30.3 Å². The lowest BCUT2D eigenvalue weighted by Gasteiger charge is -2.08. The van der Waals surface area contributed by atoms with Crippen LogP contribution in [0.25, 0.3) is 0 Å². The van der Waals surface area contributed by atoms with E-state index in [2.05, 4.69) is 21.2 Å². The zero-order valence-electron chi connectivity index (χ0n) is 10.6. The topological polar surface area (TPSA) is 49.3 Å². The van der Waals surface area contributed by atoms with Crippen molar-refractivity contribution in [1.82, 2.24) is 0 Å². The Morgan fingerprint density at radius 1 is 1.20 bits per heavy atom. The fourth-order valence-electron chi connectivity index (χ4n) is 1.76. The van der Waals surface area contributed by atoms with Gasteiger partial charge in [0.1, 0.15) is 0 Å². The molecule has 0 saturated heterocycles. The van der Waals surface area contributed by atoms with Gasteiger partial charge in [-0.3, -0.25) is 4.79 Å². The standard InChI is InChI=1S/C15H13BrClNO2/c16-11-3-6-13(14(17)9-11)15(20)18-12-4-1-10(2-5-12)7-8-19/h1-6,9,19H,7-8H2,(H,18,20). The largest absolute Gasteiger partial charge is 0.396 e. The van der Waals surface area contributed by atoms with Crippen LogP contribution in [-0.2, 0) is 6.42 Å². The fourth-order valence-corrected chi connectivity index (χ4v) is 2.52. The normalized spacial score (nSPS) is 10.3. The summed E-state index contributed by atoms with van der Waals surface area (Å²) in [6.45, 7) is 0.111. The molecule has 0 aromatic heterocycles. The van der Waals surface area contributed by atoms with Crippen LogP contribution in [0.4, 0.5) is 5.69 Å². The summed E-state index contributed by atoms with van der Waals surface area (Å²) in [5.41, 5.74) is 2.14. The Labute approximate surface area is 130 Å². The summed E-state index contributed by atoms with van der Waals surface area (Å²) < 4.78 is 0.826. The molecule has 0 aliphatic carbocycles. The number of nitrogens with one attached hydrogen (secondary N) is 1. The summed E-state index contributed by atoms with van der Waals surface area (Å²) in [6.07, 6.45) is 0.604. The van der Waals surface area contributed by atoms with Gasteiger partial charge in [-0.05, 0) is 42.3 Å². The van der Waals surface area contributed by atoms with Gasteiger partial charge >= 0.3 is 0 Å². The van der Waals surface area contributed by atoms with E-state index in [1.165, 1.54) is 0 Å². The Bertz CT molecular complexity index is 614. The Balaban J connectivity index is 2.11. The SMILES string of the molecule is O=C(Nc1ccc(CCO)cc1)c1ccc(Br)cc1Cl. The minimum absolute atomic E-state index is 0.111. The molecule has 3 nitrogen and oxygen atoms in total. The van der Waals surface area contributed by atoms with Crippen molar-refractivity contribution in [1.29, 1.82) is 0 Å². The van der Waals surface area contributed by atoms with Crippen LogP contribution in [0.2, 0.25) is 5.02 Å². The number of hydrogen-bond acceptors (Lipinski definition) is 2. The number of aliphatic hydroxyl groups excluding tert-OH is 1. The predicted octanol–water partition coefficient (Wildman–Crippen LogP) is 3.89. The maximum atomic E-state index is 12.1. The molecule has 2 aromatic rings. The lowest BCUT2D eigenvalue weighted by Crippen LogP contribution is -2.12. The second-order valence-electron chi connectivity index (χ2n) is 4.25. The number of halogens is 2. The molecular formula is C15H13BrClNO2. The molecule has 0 spiro atoms. The Morgan fingerprint density at radius 2 is 1.90 bits per heavy atom. The van der Waals surface area contributed by atoms with E-state index in [0.717, 1.165) is 10.0 Å². The molecule has 0 unspecified atom stereocenters. The number of amides is 1. The van der Waals surface area contributed by atoms with E-state index in [0.29, 0.717) is 22.7 Å². The van der Waals surface area contributed by atoms with Crippen LogP contribution in [-0.4, -0.2) is 17.6 Å². The second kappa shape index (κ2) is 6.88. The third kappa shape index (κ3) is 3.82. The van der Waals surface area contributed by atoms with E-state index in [4.69, 9.17) is 16.7 Å². The highest BCUT2D eigenvalue weighted by Gasteiger charge is 2.10. The Kier molecular flexibility index (Phi) is 5.17. The monoisotopic (exact) mass is 353 g/mol. The van der Waals surface area contributed by atoms with E-state index in [9.17, 15) is 4.79 Å². The number of benzene rings is 2. The van der Waals surface area contributed by atoms with Crippen molar-refractivity contribution in [2.24, 2.45) is 0 Å². The van der Waals surface area contributed by atoms with Crippen LogP contribution in [0.15, 0.2) is 46.9 Å². The van der Waals surface area contributed by atoms with Crippen molar-refractivity contribution >= 4 is 39.1 Å². The van der Waals surface area contributed by atoms with Gasteiger partial charge < -0.3 is 10.4 Å². The van der Waals surface area contributed by atoms with Gasteiger partial charge in [0.05, 0.1) is 10.6 Å². The predicted molar refractivity (Wildman–Crippen MR) is 84.3 cm³/mol. The zero-order valence-corrected chi connectivity index (χ0v) is 12.9. The lowest BCUT2D eigenvalue weighted by atomic mass is 10.1. The Hall–Kier alpha value is -1.36. The number of aliphatic hydroxyl groups is 1. The third-order valence-corrected chi connectivity index (χ3v) is 3.59. The minimum atomic E-state index is -0.252. The highest BCUT2D eigenvalue weighted by molar-refractivity contribution is 9.10. The first-order valence-corrected chi connectivity index (χ1v) is 7.23. The lowest BCUT2D eigenvalue weighted by molar-refractivity contribution is 0.102.